The highest BCUT2D eigenvalue weighted by molar-refractivity contribution is 6.03. The smallest absolute Gasteiger partial charge is 0.229 e. The number of hydrogen-bond donors (Lipinski definition) is 4. The summed E-state index contributed by atoms with van der Waals surface area (Å²) in [6.45, 7) is 15.8. The Balaban J connectivity index is 3.39. The number of rotatable bonds is 3. The molecule has 0 atom stereocenters. The van der Waals surface area contributed by atoms with E-state index < -0.39 is 16.2 Å². The van der Waals surface area contributed by atoms with Crippen molar-refractivity contribution in [3.8, 4) is 5.75 Å². The third-order valence-electron chi connectivity index (χ3n) is 3.91. The van der Waals surface area contributed by atoms with E-state index in [2.05, 4.69) is 16.0 Å². The minimum atomic E-state index is -0.689. The SMILES string of the molecule is CC(C)(C)C(=O)Nc1cc(NC(=O)C(C)(C)C)c(O)c(NC(=O)C(C)(C)C)c1. The number of carbonyl (C=O) groups excluding carboxylic acids is 3. The van der Waals surface area contributed by atoms with E-state index in [0.717, 1.165) is 0 Å². The molecule has 0 radical (unpaired) electrons. The van der Waals surface area contributed by atoms with Crippen LogP contribution >= 0.6 is 0 Å². The van der Waals surface area contributed by atoms with Gasteiger partial charge in [-0.25, -0.2) is 0 Å². The van der Waals surface area contributed by atoms with Crippen LogP contribution in [0.25, 0.3) is 0 Å². The van der Waals surface area contributed by atoms with Crippen LogP contribution in [-0.2, 0) is 14.4 Å². The average molecular weight is 392 g/mol. The molecular weight excluding hydrogens is 358 g/mol. The van der Waals surface area contributed by atoms with Gasteiger partial charge < -0.3 is 21.1 Å². The summed E-state index contributed by atoms with van der Waals surface area (Å²) in [4.78, 5) is 37.1. The fourth-order valence-electron chi connectivity index (χ4n) is 1.84. The summed E-state index contributed by atoms with van der Waals surface area (Å²) >= 11 is 0. The molecular formula is C21H33N3O4. The summed E-state index contributed by atoms with van der Waals surface area (Å²) in [7, 11) is 0. The van der Waals surface area contributed by atoms with Crippen LogP contribution in [-0.4, -0.2) is 22.8 Å². The van der Waals surface area contributed by atoms with Gasteiger partial charge in [-0.15, -0.1) is 0 Å². The van der Waals surface area contributed by atoms with Gasteiger partial charge in [-0.05, 0) is 12.1 Å². The molecule has 0 spiro atoms. The molecule has 7 nitrogen and oxygen atoms in total. The largest absolute Gasteiger partial charge is 0.504 e. The highest BCUT2D eigenvalue weighted by Crippen LogP contribution is 2.38. The van der Waals surface area contributed by atoms with Crippen LogP contribution in [0.1, 0.15) is 62.3 Å². The lowest BCUT2D eigenvalue weighted by Gasteiger charge is -2.23. The molecule has 0 saturated carbocycles. The molecule has 0 aliphatic rings. The summed E-state index contributed by atoms with van der Waals surface area (Å²) in [5.74, 6) is -1.13. The maximum Gasteiger partial charge on any atom is 0.229 e. The number of aromatic hydroxyl groups is 1. The number of hydrogen-bond acceptors (Lipinski definition) is 4. The van der Waals surface area contributed by atoms with Gasteiger partial charge in [0.05, 0.1) is 11.4 Å². The second-order valence-electron chi connectivity index (χ2n) is 10.0. The fourth-order valence-corrected chi connectivity index (χ4v) is 1.84. The van der Waals surface area contributed by atoms with Crippen molar-refractivity contribution >= 4 is 34.8 Å². The van der Waals surface area contributed by atoms with Crippen molar-refractivity contribution in [3.05, 3.63) is 12.1 Å². The van der Waals surface area contributed by atoms with Crippen LogP contribution < -0.4 is 16.0 Å². The van der Waals surface area contributed by atoms with Crippen LogP contribution in [0.4, 0.5) is 17.1 Å². The molecule has 28 heavy (non-hydrogen) atoms. The van der Waals surface area contributed by atoms with Crippen molar-refractivity contribution < 1.29 is 19.5 Å². The summed E-state index contributed by atoms with van der Waals surface area (Å²) < 4.78 is 0. The molecule has 0 fully saturated rings. The number of phenols is 1. The maximum absolute atomic E-state index is 12.4. The fraction of sp³-hybridized carbons (Fsp3) is 0.571. The van der Waals surface area contributed by atoms with Crippen LogP contribution in [0.5, 0.6) is 5.75 Å². The van der Waals surface area contributed by atoms with E-state index in [1.807, 2.05) is 0 Å². The van der Waals surface area contributed by atoms with E-state index in [1.165, 1.54) is 12.1 Å². The zero-order valence-electron chi connectivity index (χ0n) is 18.3. The highest BCUT2D eigenvalue weighted by atomic mass is 16.3. The van der Waals surface area contributed by atoms with E-state index in [-0.39, 0.29) is 34.8 Å². The van der Waals surface area contributed by atoms with Crippen molar-refractivity contribution in [1.29, 1.82) is 0 Å². The normalized spacial score (nSPS) is 12.3. The molecule has 0 aromatic heterocycles. The van der Waals surface area contributed by atoms with Gasteiger partial charge in [-0.3, -0.25) is 14.4 Å². The molecule has 156 valence electrons. The number of phenolic OH excluding ortho intramolecular Hbond substituents is 1. The van der Waals surface area contributed by atoms with Crippen LogP contribution in [0.2, 0.25) is 0 Å². The molecule has 1 aromatic carbocycles. The minimum Gasteiger partial charge on any atom is -0.504 e. The van der Waals surface area contributed by atoms with E-state index >= 15 is 0 Å². The topological polar surface area (TPSA) is 108 Å². The zero-order valence-corrected chi connectivity index (χ0v) is 18.3. The predicted molar refractivity (Wildman–Crippen MR) is 112 cm³/mol. The standard InChI is InChI=1S/C21H33N3O4/c1-19(2,3)16(26)22-12-10-13(23-17(27)20(4,5)6)15(25)14(11-12)24-18(28)21(7,8)9/h10-11,25H,1-9H3,(H,22,26)(H,23,27)(H,24,28). The summed E-state index contributed by atoms with van der Waals surface area (Å²) in [5.41, 5.74) is -1.45. The predicted octanol–water partition coefficient (Wildman–Crippen LogP) is 4.35. The Morgan fingerprint density at radius 3 is 1.21 bits per heavy atom. The third kappa shape index (κ3) is 6.25. The van der Waals surface area contributed by atoms with Crippen LogP contribution in [0.15, 0.2) is 12.1 Å². The Hall–Kier alpha value is -2.57. The van der Waals surface area contributed by atoms with Gasteiger partial charge in [0.2, 0.25) is 17.7 Å². The molecule has 0 unspecified atom stereocenters. The second kappa shape index (κ2) is 7.81. The Kier molecular flexibility index (Phi) is 6.55. The van der Waals surface area contributed by atoms with E-state index in [9.17, 15) is 19.5 Å². The number of carbonyl (C=O) groups is 3. The molecule has 1 aromatic rings. The van der Waals surface area contributed by atoms with Gasteiger partial charge >= 0.3 is 0 Å². The van der Waals surface area contributed by atoms with Gasteiger partial charge in [0.25, 0.3) is 0 Å². The first-order valence-electron chi connectivity index (χ1n) is 9.24. The van der Waals surface area contributed by atoms with E-state index in [1.54, 1.807) is 62.3 Å². The highest BCUT2D eigenvalue weighted by Gasteiger charge is 2.27. The number of benzene rings is 1. The van der Waals surface area contributed by atoms with Crippen molar-refractivity contribution in [2.75, 3.05) is 16.0 Å². The van der Waals surface area contributed by atoms with E-state index in [0.29, 0.717) is 5.69 Å². The molecule has 0 aliphatic heterocycles. The van der Waals surface area contributed by atoms with Gasteiger partial charge in [-0.2, -0.15) is 0 Å². The molecule has 3 amide bonds. The molecule has 4 N–H and O–H groups in total. The van der Waals surface area contributed by atoms with Gasteiger partial charge in [0, 0.05) is 21.9 Å². The van der Waals surface area contributed by atoms with Gasteiger partial charge in [-0.1, -0.05) is 62.3 Å². The molecule has 0 bridgehead atoms. The van der Waals surface area contributed by atoms with Crippen LogP contribution in [0, 0.1) is 16.2 Å². The first-order valence-corrected chi connectivity index (χ1v) is 9.24. The third-order valence-corrected chi connectivity index (χ3v) is 3.91. The summed E-state index contributed by atoms with van der Waals surface area (Å²) in [6.07, 6.45) is 0. The summed E-state index contributed by atoms with van der Waals surface area (Å²) in [6, 6.07) is 2.94. The van der Waals surface area contributed by atoms with Crippen molar-refractivity contribution in [2.45, 2.75) is 62.3 Å². The molecule has 0 aliphatic carbocycles. The molecule has 0 saturated heterocycles. The average Bonchev–Trinajstić information content (AvgIpc) is 2.48. The van der Waals surface area contributed by atoms with Crippen molar-refractivity contribution in [2.24, 2.45) is 16.2 Å². The lowest BCUT2D eigenvalue weighted by atomic mass is 9.94. The number of nitrogens with one attached hydrogen (secondary N) is 3. The minimum absolute atomic E-state index is 0.107. The monoisotopic (exact) mass is 391 g/mol. The quantitative estimate of drug-likeness (QED) is 0.454. The maximum atomic E-state index is 12.4. The summed E-state index contributed by atoms with van der Waals surface area (Å²) in [5, 5.41) is 18.7. The first-order chi connectivity index (χ1) is 12.4. The second-order valence-corrected chi connectivity index (χ2v) is 10.0. The Labute approximate surface area is 167 Å². The van der Waals surface area contributed by atoms with Gasteiger partial charge in [0.1, 0.15) is 0 Å². The molecule has 7 heteroatoms. The number of amides is 3. The Morgan fingerprint density at radius 2 is 0.929 bits per heavy atom. The number of anilines is 3. The lowest BCUT2D eigenvalue weighted by Crippen LogP contribution is -2.30. The molecule has 0 heterocycles. The Bertz CT molecular complexity index is 729. The Morgan fingerprint density at radius 1 is 0.643 bits per heavy atom. The lowest BCUT2D eigenvalue weighted by molar-refractivity contribution is -0.123. The van der Waals surface area contributed by atoms with Gasteiger partial charge in [0.15, 0.2) is 5.75 Å². The van der Waals surface area contributed by atoms with Crippen LogP contribution in [0.3, 0.4) is 0 Å². The zero-order chi connectivity index (χ0) is 22.1. The first kappa shape index (κ1) is 23.5. The van der Waals surface area contributed by atoms with Crippen molar-refractivity contribution in [3.63, 3.8) is 0 Å². The molecule has 1 rings (SSSR count). The van der Waals surface area contributed by atoms with E-state index in [4.69, 9.17) is 0 Å². The van der Waals surface area contributed by atoms with Crippen molar-refractivity contribution in [1.82, 2.24) is 0 Å².